The molecule has 0 fully saturated rings. The molecule has 0 aromatic heterocycles. The van der Waals surface area contributed by atoms with Crippen molar-refractivity contribution < 1.29 is 23.8 Å². The lowest BCUT2D eigenvalue weighted by Gasteiger charge is -2.18. The molecule has 72 heavy (non-hydrogen) atoms. The number of carbonyl (C=O) groups is 2. The molecule has 0 aromatic carbocycles. The van der Waals surface area contributed by atoms with E-state index in [0.717, 1.165) is 135 Å². The van der Waals surface area contributed by atoms with Crippen LogP contribution in [0.25, 0.3) is 0 Å². The first-order valence-electron chi connectivity index (χ1n) is 30.1. The van der Waals surface area contributed by atoms with Gasteiger partial charge in [0.2, 0.25) is 0 Å². The van der Waals surface area contributed by atoms with E-state index in [4.69, 9.17) is 14.2 Å². The van der Waals surface area contributed by atoms with Gasteiger partial charge in [-0.1, -0.05) is 245 Å². The summed E-state index contributed by atoms with van der Waals surface area (Å²) in [4.78, 5) is 25.6. The van der Waals surface area contributed by atoms with Crippen LogP contribution in [0.1, 0.15) is 265 Å². The van der Waals surface area contributed by atoms with E-state index < -0.39 is 6.10 Å². The number of carbonyl (C=O) groups excluding carboxylic acids is 2. The molecule has 0 rings (SSSR count). The van der Waals surface area contributed by atoms with Gasteiger partial charge in [0.1, 0.15) is 6.61 Å². The predicted molar refractivity (Wildman–Crippen MR) is 316 cm³/mol. The normalized spacial score (nSPS) is 13.1. The Balaban J connectivity index is 4.39. The first-order chi connectivity index (χ1) is 35.6. The summed E-state index contributed by atoms with van der Waals surface area (Å²) in [5, 5.41) is 0. The van der Waals surface area contributed by atoms with Gasteiger partial charge in [-0.3, -0.25) is 9.59 Å². The molecule has 410 valence electrons. The van der Waals surface area contributed by atoms with Crippen molar-refractivity contribution in [2.45, 2.75) is 271 Å². The SMILES string of the molecule is CC/C=C\C/C=C\C/C=C\C/C=C\C/C=C\CCCCCCOCC(COC(=O)CCCCCCCCCCC/C=C\CCCCCCCC)OC(=O)CCCCCC/C=C\C/C=C\C/C=C\C/C=C\CC. The third-order valence-corrected chi connectivity index (χ3v) is 12.5. The number of ether oxygens (including phenoxy) is 3. The van der Waals surface area contributed by atoms with Crippen molar-refractivity contribution >= 4 is 11.9 Å². The molecular weight excluding hydrogens is 885 g/mol. The van der Waals surface area contributed by atoms with Gasteiger partial charge in [0.15, 0.2) is 6.10 Å². The fourth-order valence-corrected chi connectivity index (χ4v) is 8.05. The van der Waals surface area contributed by atoms with Crippen LogP contribution < -0.4 is 0 Å². The summed E-state index contributed by atoms with van der Waals surface area (Å²) < 4.78 is 17.5. The highest BCUT2D eigenvalue weighted by molar-refractivity contribution is 5.70. The Morgan fingerprint density at radius 3 is 1.01 bits per heavy atom. The minimum atomic E-state index is -0.573. The molecule has 5 heteroatoms. The fourth-order valence-electron chi connectivity index (χ4n) is 8.05. The van der Waals surface area contributed by atoms with Crippen LogP contribution in [0.2, 0.25) is 0 Å². The van der Waals surface area contributed by atoms with E-state index in [9.17, 15) is 9.59 Å². The van der Waals surface area contributed by atoms with E-state index in [1.54, 1.807) is 0 Å². The molecule has 0 aliphatic rings. The minimum absolute atomic E-state index is 0.0571. The Kier molecular flexibility index (Phi) is 58.4. The van der Waals surface area contributed by atoms with Crippen molar-refractivity contribution in [1.29, 1.82) is 0 Å². The lowest BCUT2D eigenvalue weighted by molar-refractivity contribution is -0.163. The van der Waals surface area contributed by atoms with E-state index in [1.807, 2.05) is 0 Å². The Morgan fingerprint density at radius 1 is 0.319 bits per heavy atom. The number of unbranched alkanes of at least 4 members (excludes halogenated alkanes) is 23. The van der Waals surface area contributed by atoms with Gasteiger partial charge in [0.05, 0.1) is 6.61 Å². The third-order valence-electron chi connectivity index (χ3n) is 12.5. The summed E-state index contributed by atoms with van der Waals surface area (Å²) in [5.74, 6) is -0.442. The van der Waals surface area contributed by atoms with Crippen LogP contribution in [0.3, 0.4) is 0 Å². The van der Waals surface area contributed by atoms with Gasteiger partial charge in [0.25, 0.3) is 0 Å². The monoisotopic (exact) mass is 997 g/mol. The number of allylic oxidation sites excluding steroid dienone is 20. The molecule has 0 saturated heterocycles. The van der Waals surface area contributed by atoms with Gasteiger partial charge in [-0.2, -0.15) is 0 Å². The lowest BCUT2D eigenvalue weighted by Crippen LogP contribution is -2.30. The van der Waals surface area contributed by atoms with Crippen LogP contribution in [0.4, 0.5) is 0 Å². The fraction of sp³-hybridized carbons (Fsp3) is 0.672. The number of esters is 2. The van der Waals surface area contributed by atoms with Gasteiger partial charge >= 0.3 is 11.9 Å². The highest BCUT2D eigenvalue weighted by Crippen LogP contribution is 2.14. The summed E-state index contributed by atoms with van der Waals surface area (Å²) in [6, 6.07) is 0. The van der Waals surface area contributed by atoms with E-state index >= 15 is 0 Å². The average Bonchev–Trinajstić information content (AvgIpc) is 3.38. The Bertz CT molecular complexity index is 1450. The molecule has 0 aliphatic heterocycles. The van der Waals surface area contributed by atoms with Crippen LogP contribution in [0.5, 0.6) is 0 Å². The Hall–Kier alpha value is -3.70. The van der Waals surface area contributed by atoms with E-state index in [2.05, 4.69) is 142 Å². The maximum Gasteiger partial charge on any atom is 0.306 e. The highest BCUT2D eigenvalue weighted by Gasteiger charge is 2.17. The zero-order chi connectivity index (χ0) is 52.0. The van der Waals surface area contributed by atoms with Crippen molar-refractivity contribution in [3.63, 3.8) is 0 Å². The largest absolute Gasteiger partial charge is 0.462 e. The number of hydrogen-bond acceptors (Lipinski definition) is 5. The molecule has 5 nitrogen and oxygen atoms in total. The van der Waals surface area contributed by atoms with Gasteiger partial charge in [0, 0.05) is 19.4 Å². The standard InChI is InChI=1S/C67H112O5/c1-4-7-10-13-16-19-22-25-28-31-33-35-38-41-44-47-50-53-56-59-62-70-63-65(72-67(69)61-58-55-52-49-46-43-40-36-30-27-24-21-18-15-12-9-6-3)64-71-66(68)60-57-54-51-48-45-42-39-37-34-32-29-26-23-20-17-14-11-8-5-2/h7,9-10,12,16,18-19,21,25-30,33,35,40-41,43-44,65H,4-6,8,11,13-15,17,20,22-24,31-32,34,36-39,42,45-64H2,1-3H3/b10-7-,12-9-,19-16-,21-18-,28-25-,29-26-,30-27-,35-33-,43-40-,44-41-. The van der Waals surface area contributed by atoms with Gasteiger partial charge in [-0.15, -0.1) is 0 Å². The Labute approximate surface area is 446 Å². The molecule has 1 unspecified atom stereocenters. The first kappa shape index (κ1) is 68.3. The second kappa shape index (κ2) is 61.6. The minimum Gasteiger partial charge on any atom is -0.462 e. The van der Waals surface area contributed by atoms with Crippen LogP contribution in [-0.4, -0.2) is 37.9 Å². The van der Waals surface area contributed by atoms with Gasteiger partial charge in [-0.05, 0) is 128 Å². The predicted octanol–water partition coefficient (Wildman–Crippen LogP) is 20.9. The van der Waals surface area contributed by atoms with Crippen molar-refractivity contribution in [2.75, 3.05) is 19.8 Å². The van der Waals surface area contributed by atoms with E-state index in [1.165, 1.54) is 96.3 Å². The van der Waals surface area contributed by atoms with Crippen molar-refractivity contribution in [3.05, 3.63) is 122 Å². The maximum absolute atomic E-state index is 12.9. The van der Waals surface area contributed by atoms with E-state index in [0.29, 0.717) is 19.4 Å². The number of rotatable bonds is 54. The Morgan fingerprint density at radius 2 is 0.625 bits per heavy atom. The second-order valence-corrected chi connectivity index (χ2v) is 19.5. The summed E-state index contributed by atoms with van der Waals surface area (Å²) in [6.45, 7) is 7.52. The molecule has 0 aliphatic carbocycles. The van der Waals surface area contributed by atoms with Gasteiger partial charge < -0.3 is 14.2 Å². The molecule has 1 atom stereocenters. The van der Waals surface area contributed by atoms with Crippen LogP contribution in [-0.2, 0) is 23.8 Å². The average molecular weight is 998 g/mol. The zero-order valence-electron chi connectivity index (χ0n) is 47.2. The molecule has 0 N–H and O–H groups in total. The number of hydrogen-bond donors (Lipinski definition) is 0. The molecule has 0 spiro atoms. The first-order valence-corrected chi connectivity index (χ1v) is 30.1. The maximum atomic E-state index is 12.9. The molecule has 0 bridgehead atoms. The summed E-state index contributed by atoms with van der Waals surface area (Å²) in [7, 11) is 0. The van der Waals surface area contributed by atoms with Crippen LogP contribution in [0.15, 0.2) is 122 Å². The van der Waals surface area contributed by atoms with Crippen LogP contribution >= 0.6 is 0 Å². The van der Waals surface area contributed by atoms with Gasteiger partial charge in [-0.25, -0.2) is 0 Å². The quantitative estimate of drug-likeness (QED) is 0.0345. The topological polar surface area (TPSA) is 61.8 Å². The summed E-state index contributed by atoms with van der Waals surface area (Å²) in [5.41, 5.74) is 0. The highest BCUT2D eigenvalue weighted by atomic mass is 16.6. The molecule has 0 radical (unpaired) electrons. The smallest absolute Gasteiger partial charge is 0.306 e. The molecule has 0 amide bonds. The second-order valence-electron chi connectivity index (χ2n) is 19.5. The van der Waals surface area contributed by atoms with Crippen LogP contribution in [0, 0.1) is 0 Å². The molecule has 0 saturated carbocycles. The third kappa shape index (κ3) is 58.9. The van der Waals surface area contributed by atoms with Crippen molar-refractivity contribution in [1.82, 2.24) is 0 Å². The van der Waals surface area contributed by atoms with E-state index in [-0.39, 0.29) is 25.2 Å². The molecule has 0 aromatic rings. The summed E-state index contributed by atoms with van der Waals surface area (Å²) >= 11 is 0. The molecular formula is C67H112O5. The molecule has 0 heterocycles. The lowest BCUT2D eigenvalue weighted by atomic mass is 10.1. The van der Waals surface area contributed by atoms with Crippen molar-refractivity contribution in [2.24, 2.45) is 0 Å². The summed E-state index contributed by atoms with van der Waals surface area (Å²) in [6.07, 6.45) is 86.5. The zero-order valence-corrected chi connectivity index (χ0v) is 47.2. The van der Waals surface area contributed by atoms with Crippen molar-refractivity contribution in [3.8, 4) is 0 Å².